The Balaban J connectivity index is 1.67. The summed E-state index contributed by atoms with van der Waals surface area (Å²) in [6.45, 7) is 3.90. The summed E-state index contributed by atoms with van der Waals surface area (Å²) in [5.74, 6) is 1.54. The van der Waals surface area contributed by atoms with Crippen LogP contribution in [0.5, 0.6) is 0 Å². The van der Waals surface area contributed by atoms with Gasteiger partial charge in [-0.1, -0.05) is 30.0 Å². The van der Waals surface area contributed by atoms with E-state index in [2.05, 4.69) is 33.1 Å². The zero-order valence-electron chi connectivity index (χ0n) is 15.3. The van der Waals surface area contributed by atoms with E-state index in [-0.39, 0.29) is 5.91 Å². The fraction of sp³-hybridized carbons (Fsp3) is 0.316. The van der Waals surface area contributed by atoms with Gasteiger partial charge in [-0.25, -0.2) is 0 Å². The van der Waals surface area contributed by atoms with Gasteiger partial charge in [-0.15, -0.1) is 21.5 Å². The summed E-state index contributed by atoms with van der Waals surface area (Å²) >= 11 is 3.29. The second-order valence-electron chi connectivity index (χ2n) is 5.77. The molecule has 6 nitrogen and oxygen atoms in total. The van der Waals surface area contributed by atoms with Crippen LogP contribution in [-0.2, 0) is 17.0 Å². The lowest BCUT2D eigenvalue weighted by molar-refractivity contribution is 0.0937. The molecule has 0 atom stereocenters. The summed E-state index contributed by atoms with van der Waals surface area (Å²) < 4.78 is 7.08. The SMILES string of the molecule is CCn1c(SCc2cccc(C(=O)NCCOC)c2)nnc1-c1cccs1. The van der Waals surface area contributed by atoms with Crippen LogP contribution >= 0.6 is 23.1 Å². The standard InChI is InChI=1S/C19H22N4O2S2/c1-3-23-17(16-8-5-11-26-16)21-22-19(23)27-13-14-6-4-7-15(12-14)18(24)20-9-10-25-2/h4-8,11-12H,3,9-10,13H2,1-2H3,(H,20,24). The maximum absolute atomic E-state index is 12.2. The number of benzene rings is 1. The summed E-state index contributed by atoms with van der Waals surface area (Å²) in [6, 6.07) is 11.7. The maximum Gasteiger partial charge on any atom is 0.251 e. The number of nitrogens with zero attached hydrogens (tertiary/aromatic N) is 3. The smallest absolute Gasteiger partial charge is 0.251 e. The first-order chi connectivity index (χ1) is 13.2. The van der Waals surface area contributed by atoms with Gasteiger partial charge in [0.05, 0.1) is 11.5 Å². The first kappa shape index (κ1) is 19.6. The molecular formula is C19H22N4O2S2. The third-order valence-corrected chi connectivity index (χ3v) is 5.83. The van der Waals surface area contributed by atoms with Crippen molar-refractivity contribution in [2.75, 3.05) is 20.3 Å². The van der Waals surface area contributed by atoms with Crippen LogP contribution in [0.1, 0.15) is 22.8 Å². The average Bonchev–Trinajstić information content (AvgIpc) is 3.35. The first-order valence-electron chi connectivity index (χ1n) is 8.69. The van der Waals surface area contributed by atoms with Gasteiger partial charge in [0.15, 0.2) is 11.0 Å². The summed E-state index contributed by atoms with van der Waals surface area (Å²) in [5, 5.41) is 14.5. The Hall–Kier alpha value is -2.16. The van der Waals surface area contributed by atoms with Gasteiger partial charge in [0.2, 0.25) is 0 Å². The number of nitrogens with one attached hydrogen (secondary N) is 1. The van der Waals surface area contributed by atoms with Crippen molar-refractivity contribution < 1.29 is 9.53 Å². The molecule has 0 saturated heterocycles. The number of ether oxygens (including phenoxy) is 1. The Bertz CT molecular complexity index is 878. The molecule has 3 aromatic rings. The molecule has 2 heterocycles. The minimum atomic E-state index is -0.0874. The molecule has 0 aliphatic carbocycles. The van der Waals surface area contributed by atoms with Crippen LogP contribution in [0, 0.1) is 0 Å². The van der Waals surface area contributed by atoms with Gasteiger partial charge in [0, 0.05) is 31.5 Å². The predicted molar refractivity (Wildman–Crippen MR) is 109 cm³/mol. The molecule has 0 aliphatic heterocycles. The van der Waals surface area contributed by atoms with E-state index < -0.39 is 0 Å². The number of thioether (sulfide) groups is 1. The lowest BCUT2D eigenvalue weighted by atomic mass is 10.1. The molecule has 0 aliphatic rings. The second-order valence-corrected chi connectivity index (χ2v) is 7.66. The highest BCUT2D eigenvalue weighted by molar-refractivity contribution is 7.98. The van der Waals surface area contributed by atoms with E-state index in [1.54, 1.807) is 30.2 Å². The van der Waals surface area contributed by atoms with Crippen LogP contribution in [0.4, 0.5) is 0 Å². The molecule has 1 aromatic carbocycles. The van der Waals surface area contributed by atoms with E-state index in [0.29, 0.717) is 18.7 Å². The van der Waals surface area contributed by atoms with E-state index >= 15 is 0 Å². The molecule has 1 N–H and O–H groups in total. The second kappa shape index (κ2) is 9.68. The third kappa shape index (κ3) is 4.97. The van der Waals surface area contributed by atoms with Crippen molar-refractivity contribution in [3.63, 3.8) is 0 Å². The van der Waals surface area contributed by atoms with Crippen molar-refractivity contribution in [1.29, 1.82) is 0 Å². The Morgan fingerprint density at radius 1 is 1.30 bits per heavy atom. The van der Waals surface area contributed by atoms with E-state index in [1.165, 1.54) is 0 Å². The highest BCUT2D eigenvalue weighted by atomic mass is 32.2. The summed E-state index contributed by atoms with van der Waals surface area (Å²) in [4.78, 5) is 13.3. The monoisotopic (exact) mass is 402 g/mol. The van der Waals surface area contributed by atoms with Crippen LogP contribution in [0.25, 0.3) is 10.7 Å². The molecule has 0 unspecified atom stereocenters. The number of hydrogen-bond acceptors (Lipinski definition) is 6. The molecule has 27 heavy (non-hydrogen) atoms. The highest BCUT2D eigenvalue weighted by Gasteiger charge is 2.14. The fourth-order valence-electron chi connectivity index (χ4n) is 2.59. The number of amides is 1. The molecule has 8 heteroatoms. The number of rotatable bonds is 9. The van der Waals surface area contributed by atoms with Crippen molar-refractivity contribution >= 4 is 29.0 Å². The number of carbonyl (C=O) groups is 1. The molecule has 3 rings (SSSR count). The number of methoxy groups -OCH3 is 1. The third-order valence-electron chi connectivity index (χ3n) is 3.92. The van der Waals surface area contributed by atoms with E-state index in [0.717, 1.165) is 33.7 Å². The van der Waals surface area contributed by atoms with Gasteiger partial charge in [-0.05, 0) is 36.1 Å². The van der Waals surface area contributed by atoms with Crippen LogP contribution in [0.3, 0.4) is 0 Å². The lowest BCUT2D eigenvalue weighted by Crippen LogP contribution is -2.26. The lowest BCUT2D eigenvalue weighted by Gasteiger charge is -2.08. The minimum absolute atomic E-state index is 0.0874. The van der Waals surface area contributed by atoms with Crippen LogP contribution in [0.15, 0.2) is 46.9 Å². The number of thiophene rings is 1. The van der Waals surface area contributed by atoms with Crippen molar-refractivity contribution in [3.05, 3.63) is 52.9 Å². The molecule has 0 fully saturated rings. The van der Waals surface area contributed by atoms with Gasteiger partial charge in [-0.2, -0.15) is 0 Å². The Labute approximate surface area is 167 Å². The van der Waals surface area contributed by atoms with Crippen molar-refractivity contribution in [2.24, 2.45) is 0 Å². The minimum Gasteiger partial charge on any atom is -0.383 e. The van der Waals surface area contributed by atoms with Gasteiger partial charge in [-0.3, -0.25) is 4.79 Å². The Morgan fingerprint density at radius 3 is 2.93 bits per heavy atom. The fourth-order valence-corrected chi connectivity index (χ4v) is 4.25. The quantitative estimate of drug-likeness (QED) is 0.437. The van der Waals surface area contributed by atoms with Gasteiger partial charge < -0.3 is 14.6 Å². The van der Waals surface area contributed by atoms with Crippen molar-refractivity contribution in [1.82, 2.24) is 20.1 Å². The van der Waals surface area contributed by atoms with Crippen LogP contribution in [-0.4, -0.2) is 40.9 Å². The van der Waals surface area contributed by atoms with Crippen molar-refractivity contribution in [3.8, 4) is 10.7 Å². The van der Waals surface area contributed by atoms with E-state index in [9.17, 15) is 4.79 Å². The van der Waals surface area contributed by atoms with Crippen LogP contribution < -0.4 is 5.32 Å². The summed E-state index contributed by atoms with van der Waals surface area (Å²) in [5.41, 5.74) is 1.73. The maximum atomic E-state index is 12.2. The highest BCUT2D eigenvalue weighted by Crippen LogP contribution is 2.28. The molecule has 0 spiro atoms. The molecule has 0 radical (unpaired) electrons. The molecule has 0 saturated carbocycles. The zero-order chi connectivity index (χ0) is 19.1. The molecule has 0 bridgehead atoms. The molecule has 142 valence electrons. The molecular weight excluding hydrogens is 380 g/mol. The average molecular weight is 403 g/mol. The zero-order valence-corrected chi connectivity index (χ0v) is 17.0. The molecule has 2 aromatic heterocycles. The number of hydrogen-bond donors (Lipinski definition) is 1. The van der Waals surface area contributed by atoms with Gasteiger partial charge in [0.25, 0.3) is 5.91 Å². The normalized spacial score (nSPS) is 10.9. The van der Waals surface area contributed by atoms with Gasteiger partial charge in [0.1, 0.15) is 0 Å². The van der Waals surface area contributed by atoms with Crippen LogP contribution in [0.2, 0.25) is 0 Å². The predicted octanol–water partition coefficient (Wildman–Crippen LogP) is 3.70. The largest absolute Gasteiger partial charge is 0.383 e. The Morgan fingerprint density at radius 2 is 2.19 bits per heavy atom. The van der Waals surface area contributed by atoms with E-state index in [1.807, 2.05) is 35.7 Å². The van der Waals surface area contributed by atoms with Gasteiger partial charge >= 0.3 is 0 Å². The molecule has 1 amide bonds. The topological polar surface area (TPSA) is 69.0 Å². The summed E-state index contributed by atoms with van der Waals surface area (Å²) in [7, 11) is 1.61. The van der Waals surface area contributed by atoms with E-state index in [4.69, 9.17) is 4.74 Å². The Kier molecular flexibility index (Phi) is 7.03. The number of carbonyl (C=O) groups excluding carboxylic acids is 1. The number of aromatic nitrogens is 3. The van der Waals surface area contributed by atoms with Crippen molar-refractivity contribution in [2.45, 2.75) is 24.4 Å². The summed E-state index contributed by atoms with van der Waals surface area (Å²) in [6.07, 6.45) is 0. The first-order valence-corrected chi connectivity index (χ1v) is 10.6.